The van der Waals surface area contributed by atoms with Crippen LogP contribution in [0.25, 0.3) is 0 Å². The smallest absolute Gasteiger partial charge is 0.308 e. The summed E-state index contributed by atoms with van der Waals surface area (Å²) in [6.45, 7) is 6.94. The highest BCUT2D eigenvalue weighted by molar-refractivity contribution is 5.69. The number of carboxylic acid groups (broad SMARTS) is 1. The van der Waals surface area contributed by atoms with Gasteiger partial charge in [0.15, 0.2) is 0 Å². The van der Waals surface area contributed by atoms with E-state index in [4.69, 9.17) is 0 Å². The minimum atomic E-state index is -0.684. The predicted molar refractivity (Wildman–Crippen MR) is 103 cm³/mol. The van der Waals surface area contributed by atoms with E-state index in [1.807, 2.05) is 6.20 Å². The number of imidazole rings is 1. The molecule has 1 aromatic carbocycles. The van der Waals surface area contributed by atoms with Crippen LogP contribution in [0.15, 0.2) is 30.6 Å². The Morgan fingerprint density at radius 1 is 1.31 bits per heavy atom. The average molecular weight is 354 g/mol. The van der Waals surface area contributed by atoms with E-state index in [0.717, 1.165) is 12.2 Å². The van der Waals surface area contributed by atoms with Crippen molar-refractivity contribution >= 4 is 5.97 Å². The Kier molecular flexibility index (Phi) is 5.80. The van der Waals surface area contributed by atoms with Crippen LogP contribution in [0.3, 0.4) is 0 Å². The Morgan fingerprint density at radius 3 is 2.73 bits per heavy atom. The number of benzene rings is 1. The van der Waals surface area contributed by atoms with E-state index < -0.39 is 5.97 Å². The Balaban J connectivity index is 1.80. The maximum absolute atomic E-state index is 11.8. The van der Waals surface area contributed by atoms with Crippen molar-refractivity contribution in [3.05, 3.63) is 53.1 Å². The van der Waals surface area contributed by atoms with E-state index in [1.54, 1.807) is 6.20 Å². The molecule has 2 aromatic rings. The second kappa shape index (κ2) is 8.07. The van der Waals surface area contributed by atoms with Crippen LogP contribution in [0, 0.1) is 25.7 Å². The van der Waals surface area contributed by atoms with Gasteiger partial charge in [0.25, 0.3) is 0 Å². The van der Waals surface area contributed by atoms with Crippen molar-refractivity contribution in [3.8, 4) is 0 Å². The summed E-state index contributed by atoms with van der Waals surface area (Å²) >= 11 is 0. The second-order valence-corrected chi connectivity index (χ2v) is 7.87. The topological polar surface area (TPSA) is 55.1 Å². The SMILES string of the molecule is Cc1cccc(C(C)c2nccn2CC(CC2CCCC2)C(=O)O)c1C. The molecule has 3 rings (SSSR count). The van der Waals surface area contributed by atoms with Crippen molar-refractivity contribution in [1.29, 1.82) is 0 Å². The Morgan fingerprint density at radius 2 is 2.04 bits per heavy atom. The standard InChI is InChI=1S/C22H30N2O2/c1-15-7-6-10-20(16(15)2)17(3)21-23-11-12-24(21)14-19(22(25)26)13-18-8-4-5-9-18/h6-7,10-12,17-19H,4-5,8-9,13-14H2,1-3H3,(H,25,26). The number of carboxylic acids is 1. The van der Waals surface area contributed by atoms with Crippen LogP contribution in [-0.2, 0) is 11.3 Å². The van der Waals surface area contributed by atoms with E-state index in [2.05, 4.69) is 48.5 Å². The molecule has 0 spiro atoms. The van der Waals surface area contributed by atoms with Gasteiger partial charge in [-0.3, -0.25) is 4.79 Å². The summed E-state index contributed by atoms with van der Waals surface area (Å²) in [6.07, 6.45) is 9.37. The number of rotatable bonds is 7. The van der Waals surface area contributed by atoms with Gasteiger partial charge in [0, 0.05) is 24.9 Å². The van der Waals surface area contributed by atoms with Gasteiger partial charge >= 0.3 is 5.97 Å². The summed E-state index contributed by atoms with van der Waals surface area (Å²) in [6, 6.07) is 6.36. The third-order valence-electron chi connectivity index (χ3n) is 6.11. The van der Waals surface area contributed by atoms with Crippen molar-refractivity contribution in [2.45, 2.75) is 65.3 Å². The lowest BCUT2D eigenvalue weighted by Gasteiger charge is -2.21. The van der Waals surface area contributed by atoms with Crippen LogP contribution in [0.2, 0.25) is 0 Å². The maximum Gasteiger partial charge on any atom is 0.308 e. The lowest BCUT2D eigenvalue weighted by molar-refractivity contribution is -0.142. The average Bonchev–Trinajstić information content (AvgIpc) is 3.28. The molecule has 4 heteroatoms. The maximum atomic E-state index is 11.8. The molecule has 0 saturated heterocycles. The molecule has 26 heavy (non-hydrogen) atoms. The molecule has 1 N–H and O–H groups in total. The Hall–Kier alpha value is -2.10. The van der Waals surface area contributed by atoms with Gasteiger partial charge in [-0.25, -0.2) is 4.98 Å². The van der Waals surface area contributed by atoms with Crippen molar-refractivity contribution < 1.29 is 9.90 Å². The number of hydrogen-bond acceptors (Lipinski definition) is 2. The van der Waals surface area contributed by atoms with E-state index >= 15 is 0 Å². The number of aliphatic carboxylic acids is 1. The molecule has 1 aromatic heterocycles. The highest BCUT2D eigenvalue weighted by atomic mass is 16.4. The largest absolute Gasteiger partial charge is 0.481 e. The normalized spacial score (nSPS) is 17.3. The number of hydrogen-bond donors (Lipinski definition) is 1. The Bertz CT molecular complexity index is 759. The zero-order valence-electron chi connectivity index (χ0n) is 16.1. The zero-order valence-corrected chi connectivity index (χ0v) is 16.1. The van der Waals surface area contributed by atoms with Gasteiger partial charge in [0.05, 0.1) is 5.92 Å². The number of aryl methyl sites for hydroxylation is 1. The highest BCUT2D eigenvalue weighted by Gasteiger charge is 2.27. The first-order valence-electron chi connectivity index (χ1n) is 9.77. The molecular formula is C22H30N2O2. The molecule has 2 unspecified atom stereocenters. The van der Waals surface area contributed by atoms with Gasteiger partial charge in [0.1, 0.15) is 5.82 Å². The lowest BCUT2D eigenvalue weighted by atomic mass is 9.91. The molecule has 0 radical (unpaired) electrons. The minimum Gasteiger partial charge on any atom is -0.481 e. The van der Waals surface area contributed by atoms with Crippen molar-refractivity contribution in [1.82, 2.24) is 9.55 Å². The van der Waals surface area contributed by atoms with Crippen LogP contribution in [0.1, 0.15) is 67.5 Å². The van der Waals surface area contributed by atoms with Crippen LogP contribution >= 0.6 is 0 Å². The molecule has 1 heterocycles. The van der Waals surface area contributed by atoms with Gasteiger partial charge < -0.3 is 9.67 Å². The predicted octanol–water partition coefficient (Wildman–Crippen LogP) is 4.93. The molecule has 2 atom stereocenters. The van der Waals surface area contributed by atoms with Crippen molar-refractivity contribution in [2.24, 2.45) is 11.8 Å². The summed E-state index contributed by atoms with van der Waals surface area (Å²) in [5.41, 5.74) is 3.83. The van der Waals surface area contributed by atoms with Crippen LogP contribution in [-0.4, -0.2) is 20.6 Å². The molecule has 140 valence electrons. The first kappa shape index (κ1) is 18.7. The van der Waals surface area contributed by atoms with E-state index in [9.17, 15) is 9.90 Å². The molecule has 1 aliphatic carbocycles. The third kappa shape index (κ3) is 4.00. The van der Waals surface area contributed by atoms with Crippen molar-refractivity contribution in [3.63, 3.8) is 0 Å². The van der Waals surface area contributed by atoms with Gasteiger partial charge in [-0.2, -0.15) is 0 Å². The molecule has 0 amide bonds. The molecule has 1 aliphatic rings. The third-order valence-corrected chi connectivity index (χ3v) is 6.11. The van der Waals surface area contributed by atoms with E-state index in [0.29, 0.717) is 12.5 Å². The summed E-state index contributed by atoms with van der Waals surface area (Å²) < 4.78 is 2.06. The number of nitrogens with zero attached hydrogens (tertiary/aromatic N) is 2. The van der Waals surface area contributed by atoms with Gasteiger partial charge in [-0.1, -0.05) is 50.8 Å². The molecule has 0 bridgehead atoms. The minimum absolute atomic E-state index is 0.144. The van der Waals surface area contributed by atoms with Crippen molar-refractivity contribution in [2.75, 3.05) is 0 Å². The first-order valence-corrected chi connectivity index (χ1v) is 9.77. The summed E-state index contributed by atoms with van der Waals surface area (Å²) in [4.78, 5) is 16.4. The molecule has 1 saturated carbocycles. The number of aromatic nitrogens is 2. The second-order valence-electron chi connectivity index (χ2n) is 7.87. The lowest BCUT2D eigenvalue weighted by Crippen LogP contribution is -2.24. The van der Waals surface area contributed by atoms with Gasteiger partial charge in [-0.15, -0.1) is 0 Å². The van der Waals surface area contributed by atoms with Crippen LogP contribution < -0.4 is 0 Å². The molecule has 0 aliphatic heterocycles. The molecular weight excluding hydrogens is 324 g/mol. The van der Waals surface area contributed by atoms with Gasteiger partial charge in [0.2, 0.25) is 0 Å². The van der Waals surface area contributed by atoms with E-state index in [-0.39, 0.29) is 11.8 Å². The summed E-state index contributed by atoms with van der Waals surface area (Å²) in [7, 11) is 0. The summed E-state index contributed by atoms with van der Waals surface area (Å²) in [5.74, 6) is 0.648. The molecule has 1 fully saturated rings. The summed E-state index contributed by atoms with van der Waals surface area (Å²) in [5, 5.41) is 9.73. The highest BCUT2D eigenvalue weighted by Crippen LogP contribution is 2.32. The number of carbonyl (C=O) groups is 1. The zero-order chi connectivity index (χ0) is 18.7. The van der Waals surface area contributed by atoms with E-state index in [1.165, 1.54) is 42.4 Å². The van der Waals surface area contributed by atoms with Gasteiger partial charge in [-0.05, 0) is 42.9 Å². The Labute approximate surface area is 156 Å². The fourth-order valence-electron chi connectivity index (χ4n) is 4.38. The molecule has 4 nitrogen and oxygen atoms in total. The quantitative estimate of drug-likeness (QED) is 0.767. The van der Waals surface area contributed by atoms with Crippen LogP contribution in [0.5, 0.6) is 0 Å². The first-order chi connectivity index (χ1) is 12.5. The monoisotopic (exact) mass is 354 g/mol. The fraction of sp³-hybridized carbons (Fsp3) is 0.545. The fourth-order valence-corrected chi connectivity index (χ4v) is 4.38. The van der Waals surface area contributed by atoms with Crippen LogP contribution in [0.4, 0.5) is 0 Å².